The van der Waals surface area contributed by atoms with Gasteiger partial charge < -0.3 is 14.8 Å². The van der Waals surface area contributed by atoms with E-state index in [1.54, 1.807) is 0 Å². The molecule has 1 aromatic rings. The van der Waals surface area contributed by atoms with Crippen LogP contribution in [0.2, 0.25) is 0 Å². The first-order chi connectivity index (χ1) is 8.83. The molecule has 0 radical (unpaired) electrons. The Morgan fingerprint density at radius 2 is 1.89 bits per heavy atom. The van der Waals surface area contributed by atoms with Gasteiger partial charge in [0.2, 0.25) is 0 Å². The molecule has 0 aliphatic rings. The van der Waals surface area contributed by atoms with E-state index in [-0.39, 0.29) is 11.6 Å². The summed E-state index contributed by atoms with van der Waals surface area (Å²) >= 11 is 0. The van der Waals surface area contributed by atoms with Crippen LogP contribution in [0.15, 0.2) is 18.2 Å². The molecular weight excluding hydrogens is 238 g/mol. The van der Waals surface area contributed by atoms with Gasteiger partial charge >= 0.3 is 0 Å². The Bertz CT molecular complexity index is 396. The normalized spacial score (nSPS) is 13.4. The molecule has 108 valence electrons. The van der Waals surface area contributed by atoms with E-state index in [1.807, 2.05) is 33.9 Å². The number of ether oxygens (including phenoxy) is 2. The predicted octanol–water partition coefficient (Wildman–Crippen LogP) is 3.47. The maximum atomic E-state index is 5.85. The highest BCUT2D eigenvalue weighted by atomic mass is 16.5. The van der Waals surface area contributed by atoms with E-state index in [2.05, 4.69) is 31.3 Å². The molecule has 1 aromatic carbocycles. The van der Waals surface area contributed by atoms with E-state index in [0.29, 0.717) is 13.2 Å². The van der Waals surface area contributed by atoms with Gasteiger partial charge in [0.25, 0.3) is 0 Å². The van der Waals surface area contributed by atoms with E-state index in [1.165, 1.54) is 11.1 Å². The van der Waals surface area contributed by atoms with Gasteiger partial charge in [-0.2, -0.15) is 0 Å². The maximum Gasteiger partial charge on any atom is 0.124 e. The fourth-order valence-corrected chi connectivity index (χ4v) is 1.79. The van der Waals surface area contributed by atoms with Crippen molar-refractivity contribution in [3.8, 4) is 5.75 Å². The van der Waals surface area contributed by atoms with E-state index in [0.717, 1.165) is 5.75 Å². The third-order valence-electron chi connectivity index (χ3n) is 2.94. The Hall–Kier alpha value is -1.06. The van der Waals surface area contributed by atoms with Gasteiger partial charge in [-0.15, -0.1) is 0 Å². The van der Waals surface area contributed by atoms with Crippen LogP contribution in [0.25, 0.3) is 0 Å². The molecule has 0 fully saturated rings. The summed E-state index contributed by atoms with van der Waals surface area (Å²) in [5.41, 5.74) is 2.33. The second-order valence-electron chi connectivity index (χ2n) is 5.86. The van der Waals surface area contributed by atoms with Crippen molar-refractivity contribution < 1.29 is 9.47 Å². The SMILES string of the molecule is CNC(C)c1cc(C)ccc1OCCOC(C)(C)C. The van der Waals surface area contributed by atoms with Crippen LogP contribution < -0.4 is 10.1 Å². The van der Waals surface area contributed by atoms with E-state index < -0.39 is 0 Å². The van der Waals surface area contributed by atoms with E-state index in [9.17, 15) is 0 Å². The highest BCUT2D eigenvalue weighted by molar-refractivity contribution is 5.38. The molecule has 1 atom stereocenters. The molecule has 0 saturated heterocycles. The Balaban J connectivity index is 2.62. The Morgan fingerprint density at radius 1 is 1.21 bits per heavy atom. The van der Waals surface area contributed by atoms with Crippen molar-refractivity contribution in [2.75, 3.05) is 20.3 Å². The third kappa shape index (κ3) is 5.62. The number of nitrogens with one attached hydrogen (secondary N) is 1. The van der Waals surface area contributed by atoms with E-state index in [4.69, 9.17) is 9.47 Å². The molecule has 0 bridgehead atoms. The van der Waals surface area contributed by atoms with Crippen LogP contribution in [0, 0.1) is 6.92 Å². The first-order valence-electron chi connectivity index (χ1n) is 6.88. The predicted molar refractivity (Wildman–Crippen MR) is 79.9 cm³/mol. The molecule has 1 unspecified atom stereocenters. The first kappa shape index (κ1) is 16.0. The fraction of sp³-hybridized carbons (Fsp3) is 0.625. The minimum atomic E-state index is -0.113. The number of aryl methyl sites for hydroxylation is 1. The molecule has 19 heavy (non-hydrogen) atoms. The van der Waals surface area contributed by atoms with Crippen LogP contribution in [0.3, 0.4) is 0 Å². The molecule has 1 rings (SSSR count). The largest absolute Gasteiger partial charge is 0.491 e. The second kappa shape index (κ2) is 6.92. The van der Waals surface area contributed by atoms with Crippen LogP contribution in [-0.2, 0) is 4.74 Å². The van der Waals surface area contributed by atoms with Crippen molar-refractivity contribution >= 4 is 0 Å². The summed E-state index contributed by atoms with van der Waals surface area (Å²) in [6, 6.07) is 6.56. The number of hydrogen-bond donors (Lipinski definition) is 1. The van der Waals surface area contributed by atoms with Gasteiger partial charge in [-0.1, -0.05) is 17.7 Å². The lowest BCUT2D eigenvalue weighted by Crippen LogP contribution is -2.23. The van der Waals surface area contributed by atoms with Gasteiger partial charge in [0, 0.05) is 11.6 Å². The topological polar surface area (TPSA) is 30.5 Å². The average molecular weight is 265 g/mol. The smallest absolute Gasteiger partial charge is 0.124 e. The summed E-state index contributed by atoms with van der Waals surface area (Å²) in [7, 11) is 1.96. The molecule has 0 aliphatic carbocycles. The summed E-state index contributed by atoms with van der Waals surface area (Å²) in [4.78, 5) is 0. The van der Waals surface area contributed by atoms with Gasteiger partial charge in [0.05, 0.1) is 12.2 Å². The highest BCUT2D eigenvalue weighted by Crippen LogP contribution is 2.26. The lowest BCUT2D eigenvalue weighted by atomic mass is 10.0. The Labute approximate surface area is 117 Å². The van der Waals surface area contributed by atoms with Crippen molar-refractivity contribution in [3.63, 3.8) is 0 Å². The van der Waals surface area contributed by atoms with E-state index >= 15 is 0 Å². The molecule has 0 spiro atoms. The number of hydrogen-bond acceptors (Lipinski definition) is 3. The molecule has 0 aromatic heterocycles. The van der Waals surface area contributed by atoms with Crippen LogP contribution >= 0.6 is 0 Å². The second-order valence-corrected chi connectivity index (χ2v) is 5.86. The molecule has 0 saturated carbocycles. The Morgan fingerprint density at radius 3 is 2.47 bits per heavy atom. The summed E-state index contributed by atoms with van der Waals surface area (Å²) in [6.45, 7) is 11.5. The monoisotopic (exact) mass is 265 g/mol. The fourth-order valence-electron chi connectivity index (χ4n) is 1.79. The zero-order valence-electron chi connectivity index (χ0n) is 13.0. The lowest BCUT2D eigenvalue weighted by molar-refractivity contribution is -0.0164. The van der Waals surface area contributed by atoms with Crippen LogP contribution in [0.4, 0.5) is 0 Å². The minimum absolute atomic E-state index is 0.113. The van der Waals surface area contributed by atoms with Crippen LogP contribution in [0.1, 0.15) is 44.9 Å². The van der Waals surface area contributed by atoms with Gasteiger partial charge in [-0.25, -0.2) is 0 Å². The van der Waals surface area contributed by atoms with Crippen LogP contribution in [-0.4, -0.2) is 25.9 Å². The minimum Gasteiger partial charge on any atom is -0.491 e. The van der Waals surface area contributed by atoms with Gasteiger partial charge in [0.15, 0.2) is 0 Å². The van der Waals surface area contributed by atoms with Crippen LogP contribution in [0.5, 0.6) is 5.75 Å². The van der Waals surface area contributed by atoms with Crippen molar-refractivity contribution in [1.29, 1.82) is 0 Å². The van der Waals surface area contributed by atoms with Crippen molar-refractivity contribution in [2.24, 2.45) is 0 Å². The summed E-state index contributed by atoms with van der Waals surface area (Å²) in [5.74, 6) is 0.935. The average Bonchev–Trinajstić information content (AvgIpc) is 2.33. The molecule has 3 heteroatoms. The number of rotatable bonds is 6. The molecule has 0 aliphatic heterocycles. The molecule has 0 heterocycles. The number of benzene rings is 1. The molecule has 3 nitrogen and oxygen atoms in total. The molecular formula is C16H27NO2. The molecule has 0 amide bonds. The molecule has 1 N–H and O–H groups in total. The van der Waals surface area contributed by atoms with Gasteiger partial charge in [-0.3, -0.25) is 0 Å². The van der Waals surface area contributed by atoms with Gasteiger partial charge in [0.1, 0.15) is 12.4 Å². The van der Waals surface area contributed by atoms with Crippen molar-refractivity contribution in [3.05, 3.63) is 29.3 Å². The third-order valence-corrected chi connectivity index (χ3v) is 2.94. The zero-order chi connectivity index (χ0) is 14.5. The van der Waals surface area contributed by atoms with Gasteiger partial charge in [-0.05, 0) is 47.7 Å². The highest BCUT2D eigenvalue weighted by Gasteiger charge is 2.12. The summed E-state index contributed by atoms with van der Waals surface area (Å²) in [6.07, 6.45) is 0. The van der Waals surface area contributed by atoms with Crippen molar-refractivity contribution in [2.45, 2.75) is 46.3 Å². The Kier molecular flexibility index (Phi) is 5.83. The lowest BCUT2D eigenvalue weighted by Gasteiger charge is -2.21. The zero-order valence-corrected chi connectivity index (χ0v) is 13.0. The standard InChI is InChI=1S/C16H27NO2/c1-12-7-8-15(14(11-12)13(2)17-6)18-9-10-19-16(3,4)5/h7-8,11,13,17H,9-10H2,1-6H3. The summed E-state index contributed by atoms with van der Waals surface area (Å²) in [5, 5.41) is 3.25. The maximum absolute atomic E-state index is 5.85. The first-order valence-corrected chi connectivity index (χ1v) is 6.88. The quantitative estimate of drug-likeness (QED) is 0.799. The summed E-state index contributed by atoms with van der Waals surface area (Å²) < 4.78 is 11.5. The van der Waals surface area contributed by atoms with Crippen molar-refractivity contribution in [1.82, 2.24) is 5.32 Å².